The summed E-state index contributed by atoms with van der Waals surface area (Å²) < 4.78 is 0. The first-order valence-electron chi connectivity index (χ1n) is 8.92. The zero-order valence-corrected chi connectivity index (χ0v) is 13.8. The molecule has 0 aliphatic carbocycles. The molecule has 1 aromatic rings. The van der Waals surface area contributed by atoms with Gasteiger partial charge < -0.3 is 15.1 Å². The molecule has 1 aromatic heterocycles. The molecule has 0 spiro atoms. The van der Waals surface area contributed by atoms with E-state index in [0.29, 0.717) is 6.04 Å². The van der Waals surface area contributed by atoms with E-state index in [1.807, 2.05) is 6.20 Å². The van der Waals surface area contributed by atoms with Crippen molar-refractivity contribution in [3.05, 3.63) is 12.3 Å². The Kier molecular flexibility index (Phi) is 5.48. The van der Waals surface area contributed by atoms with Crippen LogP contribution in [0.15, 0.2) is 12.3 Å². The SMILES string of the molecule is CCCN1CCC(Nc2nccc(N3CCCCCC3)n2)C1. The Bertz CT molecular complexity index is 456. The van der Waals surface area contributed by atoms with Crippen LogP contribution in [0.5, 0.6) is 0 Å². The van der Waals surface area contributed by atoms with Crippen molar-refractivity contribution in [1.29, 1.82) is 0 Å². The Hall–Kier alpha value is -1.36. The fourth-order valence-electron chi connectivity index (χ4n) is 3.55. The first-order valence-corrected chi connectivity index (χ1v) is 8.92. The smallest absolute Gasteiger partial charge is 0.224 e. The molecular weight excluding hydrogens is 274 g/mol. The molecule has 0 bridgehead atoms. The summed E-state index contributed by atoms with van der Waals surface area (Å²) in [7, 11) is 0. The lowest BCUT2D eigenvalue weighted by atomic mass is 10.2. The Morgan fingerprint density at radius 2 is 2.00 bits per heavy atom. The van der Waals surface area contributed by atoms with Gasteiger partial charge in [0.15, 0.2) is 0 Å². The predicted octanol–water partition coefficient (Wildman–Crippen LogP) is 2.75. The second-order valence-electron chi connectivity index (χ2n) is 6.57. The molecule has 0 aromatic carbocycles. The van der Waals surface area contributed by atoms with Crippen molar-refractivity contribution in [1.82, 2.24) is 14.9 Å². The summed E-state index contributed by atoms with van der Waals surface area (Å²) in [5.41, 5.74) is 0. The quantitative estimate of drug-likeness (QED) is 0.906. The molecule has 1 unspecified atom stereocenters. The van der Waals surface area contributed by atoms with E-state index in [0.717, 1.165) is 31.4 Å². The third-order valence-corrected chi connectivity index (χ3v) is 4.72. The van der Waals surface area contributed by atoms with Gasteiger partial charge in [-0.05, 0) is 38.3 Å². The average Bonchev–Trinajstić information content (AvgIpc) is 2.81. The maximum atomic E-state index is 4.76. The molecule has 2 aliphatic heterocycles. The molecule has 1 N–H and O–H groups in total. The third-order valence-electron chi connectivity index (χ3n) is 4.72. The molecule has 0 radical (unpaired) electrons. The van der Waals surface area contributed by atoms with Crippen LogP contribution in [0.1, 0.15) is 45.4 Å². The van der Waals surface area contributed by atoms with Gasteiger partial charge in [-0.25, -0.2) is 4.98 Å². The maximum Gasteiger partial charge on any atom is 0.224 e. The number of likely N-dealkylation sites (tertiary alicyclic amines) is 1. The van der Waals surface area contributed by atoms with Crippen molar-refractivity contribution in [2.45, 2.75) is 51.5 Å². The van der Waals surface area contributed by atoms with Crippen molar-refractivity contribution in [2.24, 2.45) is 0 Å². The van der Waals surface area contributed by atoms with Gasteiger partial charge in [0.25, 0.3) is 0 Å². The van der Waals surface area contributed by atoms with E-state index in [4.69, 9.17) is 4.98 Å². The lowest BCUT2D eigenvalue weighted by molar-refractivity contribution is 0.337. The summed E-state index contributed by atoms with van der Waals surface area (Å²) in [6.07, 6.45) is 9.58. The van der Waals surface area contributed by atoms with Crippen molar-refractivity contribution in [3.8, 4) is 0 Å². The highest BCUT2D eigenvalue weighted by Gasteiger charge is 2.22. The van der Waals surface area contributed by atoms with E-state index in [2.05, 4.69) is 33.1 Å². The van der Waals surface area contributed by atoms with Gasteiger partial charge in [-0.3, -0.25) is 0 Å². The van der Waals surface area contributed by atoms with E-state index in [1.165, 1.54) is 51.6 Å². The number of anilines is 2. The highest BCUT2D eigenvalue weighted by Crippen LogP contribution is 2.19. The molecule has 2 fully saturated rings. The predicted molar refractivity (Wildman–Crippen MR) is 91.5 cm³/mol. The van der Waals surface area contributed by atoms with Crippen LogP contribution in [0.25, 0.3) is 0 Å². The molecule has 22 heavy (non-hydrogen) atoms. The molecule has 0 saturated carbocycles. The van der Waals surface area contributed by atoms with E-state index >= 15 is 0 Å². The fraction of sp³-hybridized carbons (Fsp3) is 0.765. The van der Waals surface area contributed by atoms with Crippen LogP contribution in [0.4, 0.5) is 11.8 Å². The molecule has 0 amide bonds. The number of hydrogen-bond donors (Lipinski definition) is 1. The molecule has 2 saturated heterocycles. The van der Waals surface area contributed by atoms with Gasteiger partial charge in [-0.2, -0.15) is 4.98 Å². The van der Waals surface area contributed by atoms with Gasteiger partial charge in [0.2, 0.25) is 5.95 Å². The lowest BCUT2D eigenvalue weighted by Crippen LogP contribution is -2.28. The molecule has 1 atom stereocenters. The second kappa shape index (κ2) is 7.77. The molecule has 5 heteroatoms. The topological polar surface area (TPSA) is 44.3 Å². The Labute approximate surface area is 134 Å². The number of rotatable bonds is 5. The van der Waals surface area contributed by atoms with Gasteiger partial charge >= 0.3 is 0 Å². The van der Waals surface area contributed by atoms with E-state index in [-0.39, 0.29) is 0 Å². The molecule has 122 valence electrons. The van der Waals surface area contributed by atoms with Gasteiger partial charge in [-0.1, -0.05) is 19.8 Å². The van der Waals surface area contributed by atoms with Crippen LogP contribution in [-0.2, 0) is 0 Å². The standard InChI is InChI=1S/C17H29N5/c1-2-10-21-13-8-15(14-21)19-17-18-9-7-16(20-17)22-11-5-3-4-6-12-22/h7,9,15H,2-6,8,10-14H2,1H3,(H,18,19,20). The highest BCUT2D eigenvalue weighted by molar-refractivity contribution is 5.43. The summed E-state index contributed by atoms with van der Waals surface area (Å²) >= 11 is 0. The molecule has 3 rings (SSSR count). The number of hydrogen-bond acceptors (Lipinski definition) is 5. The minimum Gasteiger partial charge on any atom is -0.356 e. The summed E-state index contributed by atoms with van der Waals surface area (Å²) in [5, 5.41) is 3.53. The van der Waals surface area contributed by atoms with E-state index in [9.17, 15) is 0 Å². The maximum absolute atomic E-state index is 4.76. The number of aromatic nitrogens is 2. The van der Waals surface area contributed by atoms with Gasteiger partial charge in [0, 0.05) is 38.4 Å². The largest absolute Gasteiger partial charge is 0.356 e. The monoisotopic (exact) mass is 303 g/mol. The highest BCUT2D eigenvalue weighted by atomic mass is 15.3. The van der Waals surface area contributed by atoms with Gasteiger partial charge in [-0.15, -0.1) is 0 Å². The van der Waals surface area contributed by atoms with Gasteiger partial charge in [0.05, 0.1) is 0 Å². The van der Waals surface area contributed by atoms with Gasteiger partial charge in [0.1, 0.15) is 5.82 Å². The zero-order chi connectivity index (χ0) is 15.2. The third kappa shape index (κ3) is 4.09. The normalized spacial score (nSPS) is 23.5. The Balaban J connectivity index is 1.59. The minimum atomic E-state index is 0.492. The van der Waals surface area contributed by atoms with Crippen LogP contribution in [0.3, 0.4) is 0 Å². The van der Waals surface area contributed by atoms with Crippen molar-refractivity contribution < 1.29 is 0 Å². The molecule has 2 aliphatic rings. The van der Waals surface area contributed by atoms with E-state index in [1.54, 1.807) is 0 Å². The lowest BCUT2D eigenvalue weighted by Gasteiger charge is -2.22. The summed E-state index contributed by atoms with van der Waals surface area (Å²) in [6.45, 7) is 8.01. The van der Waals surface area contributed by atoms with Crippen LogP contribution >= 0.6 is 0 Å². The van der Waals surface area contributed by atoms with Crippen LogP contribution < -0.4 is 10.2 Å². The van der Waals surface area contributed by atoms with Crippen molar-refractivity contribution >= 4 is 11.8 Å². The van der Waals surface area contributed by atoms with Crippen LogP contribution in [0.2, 0.25) is 0 Å². The van der Waals surface area contributed by atoms with Crippen molar-refractivity contribution in [3.63, 3.8) is 0 Å². The van der Waals surface area contributed by atoms with E-state index < -0.39 is 0 Å². The molecule has 5 nitrogen and oxygen atoms in total. The summed E-state index contributed by atoms with van der Waals surface area (Å²) in [6, 6.07) is 2.54. The second-order valence-corrected chi connectivity index (χ2v) is 6.57. The van der Waals surface area contributed by atoms with Crippen LogP contribution in [-0.4, -0.2) is 53.6 Å². The fourth-order valence-corrected chi connectivity index (χ4v) is 3.55. The number of nitrogens with one attached hydrogen (secondary N) is 1. The van der Waals surface area contributed by atoms with Crippen molar-refractivity contribution in [2.75, 3.05) is 42.9 Å². The molecule has 3 heterocycles. The average molecular weight is 303 g/mol. The Morgan fingerprint density at radius 1 is 1.18 bits per heavy atom. The first-order chi connectivity index (χ1) is 10.8. The number of nitrogens with zero attached hydrogens (tertiary/aromatic N) is 4. The minimum absolute atomic E-state index is 0.492. The Morgan fingerprint density at radius 3 is 2.77 bits per heavy atom. The molecular formula is C17H29N5. The van der Waals surface area contributed by atoms with Crippen LogP contribution in [0, 0.1) is 0 Å². The first kappa shape index (κ1) is 15.5. The summed E-state index contributed by atoms with van der Waals surface area (Å²) in [5.74, 6) is 1.88. The zero-order valence-electron chi connectivity index (χ0n) is 13.8. The summed E-state index contributed by atoms with van der Waals surface area (Å²) in [4.78, 5) is 14.1.